The number of hydrogen-bond donors (Lipinski definition) is 1. The standard InChI is InChI=1S/C17H21N3O3S/c1-12-17(18-15(21)9-10-24-11-16(22)23-3)13(2)20(19-12)14-7-5-4-6-8-14/h4-8H,9-11H2,1-3H3,(H,18,21). The molecule has 24 heavy (non-hydrogen) atoms. The number of esters is 1. The van der Waals surface area contributed by atoms with Crippen LogP contribution in [0.25, 0.3) is 5.69 Å². The molecule has 0 aliphatic heterocycles. The monoisotopic (exact) mass is 347 g/mol. The molecule has 0 atom stereocenters. The van der Waals surface area contributed by atoms with E-state index in [2.05, 4.69) is 15.2 Å². The number of aryl methyl sites for hydroxylation is 1. The summed E-state index contributed by atoms with van der Waals surface area (Å²) in [4.78, 5) is 23.1. The van der Waals surface area contributed by atoms with E-state index >= 15 is 0 Å². The topological polar surface area (TPSA) is 73.2 Å². The minimum absolute atomic E-state index is 0.0915. The number of nitrogens with one attached hydrogen (secondary N) is 1. The molecular weight excluding hydrogens is 326 g/mol. The van der Waals surface area contributed by atoms with Crippen molar-refractivity contribution < 1.29 is 14.3 Å². The van der Waals surface area contributed by atoms with Gasteiger partial charge < -0.3 is 10.1 Å². The first-order valence-corrected chi connectivity index (χ1v) is 8.74. The number of carbonyl (C=O) groups excluding carboxylic acids is 2. The van der Waals surface area contributed by atoms with Crippen LogP contribution in [0.2, 0.25) is 0 Å². The summed E-state index contributed by atoms with van der Waals surface area (Å²) >= 11 is 1.38. The normalized spacial score (nSPS) is 10.5. The summed E-state index contributed by atoms with van der Waals surface area (Å²) in [6, 6.07) is 9.78. The molecule has 2 aromatic rings. The number of thioether (sulfide) groups is 1. The summed E-state index contributed by atoms with van der Waals surface area (Å²) in [6.45, 7) is 3.79. The quantitative estimate of drug-likeness (QED) is 0.616. The van der Waals surface area contributed by atoms with Crippen LogP contribution in [0.5, 0.6) is 0 Å². The van der Waals surface area contributed by atoms with Crippen molar-refractivity contribution >= 4 is 29.3 Å². The van der Waals surface area contributed by atoms with Crippen LogP contribution >= 0.6 is 11.8 Å². The number of nitrogens with zero attached hydrogens (tertiary/aromatic N) is 2. The molecule has 0 spiro atoms. The molecule has 0 bridgehead atoms. The highest BCUT2D eigenvalue weighted by molar-refractivity contribution is 7.99. The van der Waals surface area contributed by atoms with Gasteiger partial charge in [0.2, 0.25) is 5.91 Å². The lowest BCUT2D eigenvalue weighted by Gasteiger charge is -2.07. The van der Waals surface area contributed by atoms with Crippen LogP contribution in [0.1, 0.15) is 17.8 Å². The Morgan fingerprint density at radius 1 is 1.25 bits per heavy atom. The van der Waals surface area contributed by atoms with Gasteiger partial charge in [-0.25, -0.2) is 4.68 Å². The lowest BCUT2D eigenvalue weighted by atomic mass is 10.3. The summed E-state index contributed by atoms with van der Waals surface area (Å²) in [5.74, 6) is 0.446. The first-order chi connectivity index (χ1) is 11.5. The zero-order valence-electron chi connectivity index (χ0n) is 14.0. The number of amides is 1. The van der Waals surface area contributed by atoms with Crippen molar-refractivity contribution in [3.05, 3.63) is 41.7 Å². The Labute approximate surface area is 145 Å². The number of para-hydroxylation sites is 1. The Hall–Kier alpha value is -2.28. The van der Waals surface area contributed by atoms with E-state index in [1.165, 1.54) is 18.9 Å². The molecular formula is C17H21N3O3S. The average Bonchev–Trinajstić information content (AvgIpc) is 2.87. The minimum Gasteiger partial charge on any atom is -0.468 e. The number of carbonyl (C=O) groups is 2. The van der Waals surface area contributed by atoms with E-state index in [1.54, 1.807) is 0 Å². The summed E-state index contributed by atoms with van der Waals surface area (Å²) in [6.07, 6.45) is 0.330. The summed E-state index contributed by atoms with van der Waals surface area (Å²) in [7, 11) is 1.35. The number of rotatable bonds is 7. The lowest BCUT2D eigenvalue weighted by molar-refractivity contribution is -0.137. The Kier molecular flexibility index (Phi) is 6.43. The molecule has 0 unspecified atom stereocenters. The SMILES string of the molecule is COC(=O)CSCCC(=O)Nc1c(C)nn(-c2ccccc2)c1C. The van der Waals surface area contributed by atoms with E-state index in [0.717, 1.165) is 22.8 Å². The summed E-state index contributed by atoms with van der Waals surface area (Å²) in [5, 5.41) is 7.42. The van der Waals surface area contributed by atoms with Gasteiger partial charge in [-0.3, -0.25) is 9.59 Å². The van der Waals surface area contributed by atoms with Gasteiger partial charge in [0, 0.05) is 12.2 Å². The van der Waals surface area contributed by atoms with E-state index in [0.29, 0.717) is 12.2 Å². The number of hydrogen-bond acceptors (Lipinski definition) is 5. The predicted molar refractivity (Wildman–Crippen MR) is 95.6 cm³/mol. The second-order valence-electron chi connectivity index (χ2n) is 5.22. The lowest BCUT2D eigenvalue weighted by Crippen LogP contribution is -2.14. The van der Waals surface area contributed by atoms with Crippen molar-refractivity contribution in [2.24, 2.45) is 0 Å². The fourth-order valence-electron chi connectivity index (χ4n) is 2.23. The zero-order chi connectivity index (χ0) is 17.5. The van der Waals surface area contributed by atoms with Crippen molar-refractivity contribution in [3.63, 3.8) is 0 Å². The van der Waals surface area contributed by atoms with Gasteiger partial charge in [0.25, 0.3) is 0 Å². The first kappa shape index (κ1) is 18.1. The number of methoxy groups -OCH3 is 1. The minimum atomic E-state index is -0.281. The number of aromatic nitrogens is 2. The summed E-state index contributed by atoms with van der Waals surface area (Å²) < 4.78 is 6.37. The van der Waals surface area contributed by atoms with Crippen molar-refractivity contribution in [3.8, 4) is 5.69 Å². The Bertz CT molecular complexity index is 713. The number of benzene rings is 1. The summed E-state index contributed by atoms with van der Waals surface area (Å²) in [5.41, 5.74) is 3.34. The molecule has 0 saturated carbocycles. The van der Waals surface area contributed by atoms with Gasteiger partial charge in [-0.1, -0.05) is 18.2 Å². The van der Waals surface area contributed by atoms with Gasteiger partial charge in [0.1, 0.15) is 0 Å². The van der Waals surface area contributed by atoms with Crippen LogP contribution in [0.3, 0.4) is 0 Å². The van der Waals surface area contributed by atoms with Gasteiger partial charge in [0.05, 0.1) is 35.6 Å². The molecule has 0 aliphatic carbocycles. The van der Waals surface area contributed by atoms with Crippen molar-refractivity contribution in [2.75, 3.05) is 23.9 Å². The average molecular weight is 347 g/mol. The van der Waals surface area contributed by atoms with Crippen LogP contribution in [0.15, 0.2) is 30.3 Å². The molecule has 0 aliphatic rings. The van der Waals surface area contributed by atoms with Crippen LogP contribution in [-0.2, 0) is 14.3 Å². The highest BCUT2D eigenvalue weighted by atomic mass is 32.2. The molecule has 0 fully saturated rings. The molecule has 1 amide bonds. The van der Waals surface area contributed by atoms with E-state index < -0.39 is 0 Å². The molecule has 2 rings (SSSR count). The molecule has 1 aromatic carbocycles. The van der Waals surface area contributed by atoms with Gasteiger partial charge in [-0.15, -0.1) is 11.8 Å². The Morgan fingerprint density at radius 3 is 2.62 bits per heavy atom. The fourth-order valence-corrected chi connectivity index (χ4v) is 2.98. The zero-order valence-corrected chi connectivity index (χ0v) is 14.9. The van der Waals surface area contributed by atoms with Crippen molar-refractivity contribution in [1.82, 2.24) is 9.78 Å². The third kappa shape index (κ3) is 4.61. The highest BCUT2D eigenvalue weighted by Crippen LogP contribution is 2.23. The van der Waals surface area contributed by atoms with Crippen LogP contribution in [-0.4, -0.2) is 40.3 Å². The van der Waals surface area contributed by atoms with Gasteiger partial charge in [-0.2, -0.15) is 5.10 Å². The van der Waals surface area contributed by atoms with E-state index in [-0.39, 0.29) is 17.6 Å². The Morgan fingerprint density at radius 2 is 1.96 bits per heavy atom. The Balaban J connectivity index is 1.96. The molecule has 1 aromatic heterocycles. The van der Waals surface area contributed by atoms with Crippen molar-refractivity contribution in [1.29, 1.82) is 0 Å². The number of anilines is 1. The number of ether oxygens (including phenoxy) is 1. The largest absolute Gasteiger partial charge is 0.468 e. The second kappa shape index (κ2) is 8.54. The molecule has 6 nitrogen and oxygen atoms in total. The third-order valence-corrected chi connectivity index (χ3v) is 4.41. The molecule has 0 saturated heterocycles. The molecule has 1 N–H and O–H groups in total. The molecule has 128 valence electrons. The van der Waals surface area contributed by atoms with Crippen LogP contribution in [0.4, 0.5) is 5.69 Å². The third-order valence-electron chi connectivity index (χ3n) is 3.48. The fraction of sp³-hybridized carbons (Fsp3) is 0.353. The highest BCUT2D eigenvalue weighted by Gasteiger charge is 2.15. The van der Waals surface area contributed by atoms with Crippen LogP contribution in [0, 0.1) is 13.8 Å². The maximum Gasteiger partial charge on any atom is 0.315 e. The van der Waals surface area contributed by atoms with Gasteiger partial charge in [-0.05, 0) is 26.0 Å². The van der Waals surface area contributed by atoms with Gasteiger partial charge in [0.15, 0.2) is 0 Å². The smallest absolute Gasteiger partial charge is 0.315 e. The first-order valence-electron chi connectivity index (χ1n) is 7.59. The van der Waals surface area contributed by atoms with Crippen LogP contribution < -0.4 is 5.32 Å². The molecule has 0 radical (unpaired) electrons. The van der Waals surface area contributed by atoms with E-state index in [1.807, 2.05) is 48.9 Å². The maximum atomic E-state index is 12.1. The van der Waals surface area contributed by atoms with Gasteiger partial charge >= 0.3 is 5.97 Å². The second-order valence-corrected chi connectivity index (χ2v) is 6.33. The maximum absolute atomic E-state index is 12.1. The predicted octanol–water partition coefficient (Wildman–Crippen LogP) is 2.72. The molecule has 7 heteroatoms. The van der Waals surface area contributed by atoms with E-state index in [4.69, 9.17) is 0 Å². The molecule has 1 heterocycles. The van der Waals surface area contributed by atoms with Crippen molar-refractivity contribution in [2.45, 2.75) is 20.3 Å². The van der Waals surface area contributed by atoms with E-state index in [9.17, 15) is 9.59 Å².